The minimum Gasteiger partial charge on any atom is -0.356 e. The second kappa shape index (κ2) is 25.9. The number of hydrogen-bond donors (Lipinski definition) is 1. The standard InChI is InChI=1S/C40H29N.C24H19N.C16H11Br/c1-3-9-30(10-4-1)33-17-23-38(24-18-33)41(39-25-19-34(20-26-39)31-11-5-2-6-12-31)40-27-21-35(22-28-40)37-16-15-32-13-7-8-14-36(32)29-37;1-3-7-19(8-4-1)21-11-15-23(16-12-21)25-24-17-13-22(14-18-24)20-9-5-2-6-10-20;17-16-9-7-13(8-10-16)15-6-5-12-3-1-2-4-14(12)11-15/h1-29H;1-18,25H;1-11H. The van der Waals surface area contributed by atoms with Crippen LogP contribution in [0.3, 0.4) is 0 Å². The van der Waals surface area contributed by atoms with Crippen LogP contribution in [0.25, 0.3) is 88.3 Å². The molecule has 0 atom stereocenters. The molecule has 0 aromatic heterocycles. The number of fused-ring (bicyclic) bond motifs is 2. The van der Waals surface area contributed by atoms with Gasteiger partial charge in [0.05, 0.1) is 0 Å². The highest BCUT2D eigenvalue weighted by molar-refractivity contribution is 9.10. The third-order valence-electron chi connectivity index (χ3n) is 14.9. The molecule has 14 aromatic rings. The van der Waals surface area contributed by atoms with Crippen LogP contribution in [0.1, 0.15) is 0 Å². The van der Waals surface area contributed by atoms with Crippen molar-refractivity contribution in [3.05, 3.63) is 356 Å². The van der Waals surface area contributed by atoms with Gasteiger partial charge < -0.3 is 10.2 Å². The van der Waals surface area contributed by atoms with Gasteiger partial charge in [-0.1, -0.05) is 283 Å². The van der Waals surface area contributed by atoms with Gasteiger partial charge in [0.25, 0.3) is 0 Å². The second-order valence-electron chi connectivity index (χ2n) is 20.4. The van der Waals surface area contributed by atoms with Gasteiger partial charge in [-0.25, -0.2) is 0 Å². The largest absolute Gasteiger partial charge is 0.356 e. The number of rotatable bonds is 11. The highest BCUT2D eigenvalue weighted by atomic mass is 79.9. The Morgan fingerprint density at radius 2 is 0.422 bits per heavy atom. The van der Waals surface area contributed by atoms with Crippen molar-refractivity contribution >= 4 is 65.9 Å². The van der Waals surface area contributed by atoms with Crippen LogP contribution in [0.15, 0.2) is 356 Å². The molecule has 0 fully saturated rings. The molecule has 0 aliphatic rings. The Kier molecular flexibility index (Phi) is 16.6. The van der Waals surface area contributed by atoms with E-state index >= 15 is 0 Å². The summed E-state index contributed by atoms with van der Waals surface area (Å²) in [5, 5.41) is 8.55. The number of halogens is 1. The molecule has 0 bridgehead atoms. The van der Waals surface area contributed by atoms with Crippen molar-refractivity contribution in [2.45, 2.75) is 0 Å². The smallest absolute Gasteiger partial charge is 0.0462 e. The van der Waals surface area contributed by atoms with E-state index in [0.717, 1.165) is 32.9 Å². The molecule has 2 nitrogen and oxygen atoms in total. The predicted octanol–water partition coefficient (Wildman–Crippen LogP) is 23.3. The van der Waals surface area contributed by atoms with Crippen LogP contribution in [0.4, 0.5) is 28.4 Å². The Morgan fingerprint density at radius 3 is 0.735 bits per heavy atom. The van der Waals surface area contributed by atoms with E-state index in [4.69, 9.17) is 0 Å². The summed E-state index contributed by atoms with van der Waals surface area (Å²) in [5.74, 6) is 0. The van der Waals surface area contributed by atoms with Crippen LogP contribution < -0.4 is 10.2 Å². The minimum absolute atomic E-state index is 1.09. The second-order valence-corrected chi connectivity index (χ2v) is 21.3. The van der Waals surface area contributed by atoms with E-state index in [1.807, 2.05) is 12.1 Å². The van der Waals surface area contributed by atoms with Crippen LogP contribution in [0.5, 0.6) is 0 Å². The van der Waals surface area contributed by atoms with Gasteiger partial charge in [-0.2, -0.15) is 0 Å². The van der Waals surface area contributed by atoms with Gasteiger partial charge in [0.15, 0.2) is 0 Å². The Balaban J connectivity index is 0.000000137. The lowest BCUT2D eigenvalue weighted by molar-refractivity contribution is 1.28. The molecular weight excluding hydrogens is 1070 g/mol. The lowest BCUT2D eigenvalue weighted by Gasteiger charge is -2.26. The zero-order chi connectivity index (χ0) is 56.0. The first-order valence-corrected chi connectivity index (χ1v) is 28.9. The van der Waals surface area contributed by atoms with Gasteiger partial charge in [-0.3, -0.25) is 0 Å². The highest BCUT2D eigenvalue weighted by Crippen LogP contribution is 2.38. The van der Waals surface area contributed by atoms with Gasteiger partial charge in [0.1, 0.15) is 0 Å². The van der Waals surface area contributed by atoms with E-state index in [2.05, 4.69) is 366 Å². The Morgan fingerprint density at radius 1 is 0.193 bits per heavy atom. The maximum Gasteiger partial charge on any atom is 0.0462 e. The molecule has 0 saturated carbocycles. The summed E-state index contributed by atoms with van der Waals surface area (Å²) in [7, 11) is 0. The van der Waals surface area contributed by atoms with Crippen molar-refractivity contribution in [3.63, 3.8) is 0 Å². The van der Waals surface area contributed by atoms with E-state index in [1.54, 1.807) is 0 Å². The predicted molar refractivity (Wildman–Crippen MR) is 359 cm³/mol. The first-order chi connectivity index (χ1) is 41.0. The summed E-state index contributed by atoms with van der Waals surface area (Å²) in [6.07, 6.45) is 0. The third kappa shape index (κ3) is 13.3. The zero-order valence-electron chi connectivity index (χ0n) is 45.8. The Bertz CT molecular complexity index is 4160. The van der Waals surface area contributed by atoms with Gasteiger partial charge >= 0.3 is 0 Å². The summed E-state index contributed by atoms with van der Waals surface area (Å²) in [6.45, 7) is 0. The maximum absolute atomic E-state index is 3.46. The molecule has 0 saturated heterocycles. The third-order valence-corrected chi connectivity index (χ3v) is 15.4. The fourth-order valence-electron chi connectivity index (χ4n) is 10.4. The molecule has 0 radical (unpaired) electrons. The molecule has 14 aromatic carbocycles. The average molecular weight is 1130 g/mol. The van der Waals surface area contributed by atoms with Crippen LogP contribution in [0, 0.1) is 0 Å². The molecule has 3 heteroatoms. The lowest BCUT2D eigenvalue weighted by atomic mass is 10.0. The van der Waals surface area contributed by atoms with E-state index in [-0.39, 0.29) is 0 Å². The normalized spacial score (nSPS) is 10.7. The highest BCUT2D eigenvalue weighted by Gasteiger charge is 2.14. The van der Waals surface area contributed by atoms with Gasteiger partial charge in [-0.15, -0.1) is 0 Å². The van der Waals surface area contributed by atoms with Crippen molar-refractivity contribution in [2.75, 3.05) is 10.2 Å². The van der Waals surface area contributed by atoms with Crippen LogP contribution >= 0.6 is 15.9 Å². The molecule has 0 aliphatic carbocycles. The fraction of sp³-hybridized carbons (Fsp3) is 0. The van der Waals surface area contributed by atoms with E-state index < -0.39 is 0 Å². The Hall–Kier alpha value is -10.3. The topological polar surface area (TPSA) is 15.3 Å². The van der Waals surface area contributed by atoms with Gasteiger partial charge in [0, 0.05) is 32.9 Å². The lowest BCUT2D eigenvalue weighted by Crippen LogP contribution is -2.09. The first kappa shape index (κ1) is 53.3. The van der Waals surface area contributed by atoms with Crippen molar-refractivity contribution in [1.82, 2.24) is 0 Å². The quantitative estimate of drug-likeness (QED) is 0.139. The maximum atomic E-state index is 3.46. The molecule has 83 heavy (non-hydrogen) atoms. The SMILES string of the molecule is Brc1ccc(-c2ccc3ccccc3c2)cc1.c1ccc(-c2ccc(N(c3ccc(-c4ccccc4)cc3)c3ccc(-c4ccc5ccccc5c4)cc3)cc2)cc1.c1ccc(-c2ccc(Nc3ccc(-c4ccccc4)cc3)cc2)cc1. The van der Waals surface area contributed by atoms with E-state index in [1.165, 1.54) is 88.3 Å². The van der Waals surface area contributed by atoms with Gasteiger partial charge in [-0.05, 0) is 173 Å². The van der Waals surface area contributed by atoms with Gasteiger partial charge in [0.2, 0.25) is 0 Å². The van der Waals surface area contributed by atoms with Crippen molar-refractivity contribution in [1.29, 1.82) is 0 Å². The molecule has 0 amide bonds. The number of nitrogens with zero attached hydrogens (tertiary/aromatic N) is 1. The molecular formula is C80H59BrN2. The van der Waals surface area contributed by atoms with E-state index in [9.17, 15) is 0 Å². The molecule has 0 unspecified atom stereocenters. The summed E-state index contributed by atoms with van der Waals surface area (Å²) in [6, 6.07) is 124. The summed E-state index contributed by atoms with van der Waals surface area (Å²) >= 11 is 3.46. The summed E-state index contributed by atoms with van der Waals surface area (Å²) in [5.41, 5.74) is 20.3. The molecule has 396 valence electrons. The first-order valence-electron chi connectivity index (χ1n) is 28.1. The fourth-order valence-corrected chi connectivity index (χ4v) is 10.7. The van der Waals surface area contributed by atoms with Crippen molar-refractivity contribution in [3.8, 4) is 66.8 Å². The van der Waals surface area contributed by atoms with Crippen LogP contribution in [-0.4, -0.2) is 0 Å². The summed E-state index contributed by atoms with van der Waals surface area (Å²) < 4.78 is 1.11. The minimum atomic E-state index is 1.09. The average Bonchev–Trinajstić information content (AvgIpc) is 3.65. The van der Waals surface area contributed by atoms with Crippen molar-refractivity contribution < 1.29 is 0 Å². The number of nitrogens with one attached hydrogen (secondary N) is 1. The van der Waals surface area contributed by atoms with Crippen molar-refractivity contribution in [2.24, 2.45) is 0 Å². The van der Waals surface area contributed by atoms with Crippen LogP contribution in [-0.2, 0) is 0 Å². The number of anilines is 5. The number of benzene rings is 14. The zero-order valence-corrected chi connectivity index (χ0v) is 47.4. The molecule has 1 N–H and O–H groups in total. The monoisotopic (exact) mass is 1130 g/mol. The molecule has 0 aliphatic heterocycles. The molecule has 14 rings (SSSR count). The number of hydrogen-bond acceptors (Lipinski definition) is 2. The summed E-state index contributed by atoms with van der Waals surface area (Å²) in [4.78, 5) is 2.33. The Labute approximate surface area is 496 Å². The molecule has 0 heterocycles. The van der Waals surface area contributed by atoms with Crippen LogP contribution in [0.2, 0.25) is 0 Å². The molecule has 0 spiro atoms. The van der Waals surface area contributed by atoms with E-state index in [0.29, 0.717) is 0 Å².